The van der Waals surface area contributed by atoms with E-state index in [2.05, 4.69) is 25.9 Å². The molecule has 2 amide bonds. The fourth-order valence-electron chi connectivity index (χ4n) is 3.74. The topological polar surface area (TPSA) is 96.0 Å². The van der Waals surface area contributed by atoms with Gasteiger partial charge in [0.15, 0.2) is 0 Å². The van der Waals surface area contributed by atoms with Gasteiger partial charge >= 0.3 is 0 Å². The molecule has 34 heavy (non-hydrogen) atoms. The summed E-state index contributed by atoms with van der Waals surface area (Å²) in [7, 11) is 0. The van der Waals surface area contributed by atoms with E-state index in [0.29, 0.717) is 34.5 Å². The van der Waals surface area contributed by atoms with Crippen molar-refractivity contribution in [3.63, 3.8) is 0 Å². The number of anilines is 3. The average Bonchev–Trinajstić information content (AvgIpc) is 2.98. The zero-order valence-electron chi connectivity index (χ0n) is 18.0. The van der Waals surface area contributed by atoms with E-state index in [-0.39, 0.29) is 18.2 Å². The summed E-state index contributed by atoms with van der Waals surface area (Å²) in [4.78, 5) is 33.7. The maximum Gasteiger partial charge on any atom is 0.251 e. The second-order valence-electron chi connectivity index (χ2n) is 7.85. The van der Waals surface area contributed by atoms with E-state index in [4.69, 9.17) is 11.6 Å². The minimum absolute atomic E-state index is 0.146. The van der Waals surface area contributed by atoms with E-state index in [1.807, 2.05) is 36.4 Å². The van der Waals surface area contributed by atoms with Crippen LogP contribution in [0.15, 0.2) is 79.0 Å². The van der Waals surface area contributed by atoms with Crippen LogP contribution in [-0.2, 0) is 17.8 Å². The van der Waals surface area contributed by atoms with E-state index >= 15 is 0 Å². The quantitative estimate of drug-likeness (QED) is 0.383. The Labute approximate surface area is 201 Å². The predicted octanol–water partition coefficient (Wildman–Crippen LogP) is 4.97. The SMILES string of the molecule is O=C1Cc2cnc(Nc3ccc(C(=O)NCc4ccccc4)cc3)nc2-c2ccc(Cl)cc2N1. The van der Waals surface area contributed by atoms with Crippen molar-refractivity contribution in [2.45, 2.75) is 13.0 Å². The second-order valence-corrected chi connectivity index (χ2v) is 8.29. The molecule has 0 aliphatic carbocycles. The number of nitrogens with zero attached hydrogens (tertiary/aromatic N) is 2. The highest BCUT2D eigenvalue weighted by Crippen LogP contribution is 2.34. The van der Waals surface area contributed by atoms with E-state index in [9.17, 15) is 9.59 Å². The fourth-order valence-corrected chi connectivity index (χ4v) is 3.91. The van der Waals surface area contributed by atoms with E-state index in [1.54, 1.807) is 42.6 Å². The first-order valence-electron chi connectivity index (χ1n) is 10.7. The van der Waals surface area contributed by atoms with Gasteiger partial charge in [0.05, 0.1) is 17.8 Å². The Morgan fingerprint density at radius 2 is 1.82 bits per heavy atom. The van der Waals surface area contributed by atoms with Crippen molar-refractivity contribution in [2.75, 3.05) is 10.6 Å². The molecule has 2 heterocycles. The van der Waals surface area contributed by atoms with Crippen molar-refractivity contribution in [3.8, 4) is 11.3 Å². The number of amides is 2. The van der Waals surface area contributed by atoms with E-state index < -0.39 is 0 Å². The summed E-state index contributed by atoms with van der Waals surface area (Å²) in [5, 5.41) is 9.48. The van der Waals surface area contributed by atoms with Gasteiger partial charge in [0.2, 0.25) is 11.9 Å². The van der Waals surface area contributed by atoms with Crippen LogP contribution in [0.25, 0.3) is 11.3 Å². The van der Waals surface area contributed by atoms with Gasteiger partial charge in [-0.15, -0.1) is 0 Å². The molecule has 7 nitrogen and oxygen atoms in total. The van der Waals surface area contributed by atoms with Crippen molar-refractivity contribution in [2.24, 2.45) is 0 Å². The minimum atomic E-state index is -0.149. The first-order valence-corrected chi connectivity index (χ1v) is 11.1. The summed E-state index contributed by atoms with van der Waals surface area (Å²) >= 11 is 6.10. The number of fused-ring (bicyclic) bond motifs is 3. The van der Waals surface area contributed by atoms with Crippen LogP contribution in [0.2, 0.25) is 5.02 Å². The Balaban J connectivity index is 1.32. The normalized spacial score (nSPS) is 12.1. The van der Waals surface area contributed by atoms with Crippen LogP contribution in [0.3, 0.4) is 0 Å². The Hall–Kier alpha value is -4.23. The van der Waals surface area contributed by atoms with Gasteiger partial charge in [-0.1, -0.05) is 41.9 Å². The zero-order valence-corrected chi connectivity index (χ0v) is 18.8. The van der Waals surface area contributed by atoms with Gasteiger partial charge in [-0.25, -0.2) is 9.97 Å². The fraction of sp³-hybridized carbons (Fsp3) is 0.0769. The Morgan fingerprint density at radius 3 is 2.62 bits per heavy atom. The van der Waals surface area contributed by atoms with Gasteiger partial charge in [-0.05, 0) is 48.0 Å². The number of nitrogens with one attached hydrogen (secondary N) is 3. The summed E-state index contributed by atoms with van der Waals surface area (Å²) in [6.45, 7) is 0.465. The molecule has 3 N–H and O–H groups in total. The van der Waals surface area contributed by atoms with Gasteiger partial charge in [0.25, 0.3) is 5.91 Å². The number of rotatable bonds is 5. The minimum Gasteiger partial charge on any atom is -0.348 e. The third kappa shape index (κ3) is 4.74. The first-order chi connectivity index (χ1) is 16.5. The van der Waals surface area contributed by atoms with Crippen LogP contribution in [0.5, 0.6) is 0 Å². The third-order valence-corrected chi connectivity index (χ3v) is 5.66. The summed E-state index contributed by atoms with van der Waals surface area (Å²) in [5.41, 5.74) is 5.12. The first kappa shape index (κ1) is 21.6. The molecule has 168 valence electrons. The molecule has 0 unspecified atom stereocenters. The van der Waals surface area contributed by atoms with Crippen molar-refractivity contribution < 1.29 is 9.59 Å². The maximum atomic E-state index is 12.4. The molecule has 5 rings (SSSR count). The average molecular weight is 470 g/mol. The van der Waals surface area contributed by atoms with Gasteiger partial charge in [-0.3, -0.25) is 9.59 Å². The highest BCUT2D eigenvalue weighted by Gasteiger charge is 2.21. The van der Waals surface area contributed by atoms with Crippen LogP contribution in [0, 0.1) is 0 Å². The van der Waals surface area contributed by atoms with Crippen LogP contribution in [0.1, 0.15) is 21.5 Å². The van der Waals surface area contributed by atoms with Crippen LogP contribution in [0.4, 0.5) is 17.3 Å². The third-order valence-electron chi connectivity index (χ3n) is 5.43. The van der Waals surface area contributed by atoms with Crippen molar-refractivity contribution in [1.29, 1.82) is 0 Å². The standard InChI is InChI=1S/C26H20ClN5O2/c27-19-8-11-21-22(13-19)31-23(33)12-18-15-29-26(32-24(18)21)30-20-9-6-17(7-10-20)25(34)28-14-16-4-2-1-3-5-16/h1-11,13,15H,12,14H2,(H,28,34)(H,31,33)(H,29,30,32). The summed E-state index contributed by atoms with van der Waals surface area (Å²) in [5.74, 6) is 0.0899. The molecule has 0 atom stereocenters. The van der Waals surface area contributed by atoms with Gasteiger partial charge in [0.1, 0.15) is 0 Å². The van der Waals surface area contributed by atoms with Gasteiger partial charge in [0, 0.05) is 40.1 Å². The lowest BCUT2D eigenvalue weighted by Gasteiger charge is -2.11. The molecule has 1 aliphatic heterocycles. The highest BCUT2D eigenvalue weighted by molar-refractivity contribution is 6.31. The lowest BCUT2D eigenvalue weighted by molar-refractivity contribution is -0.115. The van der Waals surface area contributed by atoms with E-state index in [1.165, 1.54) is 0 Å². The molecule has 0 bridgehead atoms. The number of carbonyl (C=O) groups is 2. The number of hydrogen-bond donors (Lipinski definition) is 3. The smallest absolute Gasteiger partial charge is 0.251 e. The van der Waals surface area contributed by atoms with Crippen LogP contribution in [-0.4, -0.2) is 21.8 Å². The van der Waals surface area contributed by atoms with Crippen molar-refractivity contribution >= 4 is 40.7 Å². The highest BCUT2D eigenvalue weighted by atomic mass is 35.5. The zero-order chi connectivity index (χ0) is 23.5. The molecular weight excluding hydrogens is 450 g/mol. The van der Waals surface area contributed by atoms with Crippen molar-refractivity contribution in [3.05, 3.63) is 101 Å². The largest absolute Gasteiger partial charge is 0.348 e. The molecule has 0 radical (unpaired) electrons. The molecule has 0 saturated carbocycles. The van der Waals surface area contributed by atoms with Crippen molar-refractivity contribution in [1.82, 2.24) is 15.3 Å². The molecule has 0 spiro atoms. The molecule has 4 aromatic rings. The Kier molecular flexibility index (Phi) is 5.93. The lowest BCUT2D eigenvalue weighted by Crippen LogP contribution is -2.22. The van der Waals surface area contributed by atoms with Crippen LogP contribution < -0.4 is 16.0 Å². The molecule has 8 heteroatoms. The molecule has 1 aliphatic rings. The van der Waals surface area contributed by atoms with Gasteiger partial charge < -0.3 is 16.0 Å². The second kappa shape index (κ2) is 9.33. The number of aromatic nitrogens is 2. The molecule has 3 aromatic carbocycles. The number of carbonyl (C=O) groups excluding carboxylic acids is 2. The predicted molar refractivity (Wildman–Crippen MR) is 132 cm³/mol. The molecule has 0 fully saturated rings. The number of halogens is 1. The lowest BCUT2D eigenvalue weighted by atomic mass is 10.1. The Bertz CT molecular complexity index is 1370. The summed E-state index contributed by atoms with van der Waals surface area (Å²) in [6, 6.07) is 22.1. The van der Waals surface area contributed by atoms with Crippen LogP contribution >= 0.6 is 11.6 Å². The summed E-state index contributed by atoms with van der Waals surface area (Å²) in [6.07, 6.45) is 1.83. The Morgan fingerprint density at radius 1 is 1.03 bits per heavy atom. The maximum absolute atomic E-state index is 12.4. The molecular formula is C26H20ClN5O2. The monoisotopic (exact) mass is 469 g/mol. The molecule has 1 aromatic heterocycles. The number of hydrogen-bond acceptors (Lipinski definition) is 5. The molecule has 0 saturated heterocycles. The van der Waals surface area contributed by atoms with Gasteiger partial charge in [-0.2, -0.15) is 0 Å². The van der Waals surface area contributed by atoms with E-state index in [0.717, 1.165) is 22.4 Å². The summed E-state index contributed by atoms with van der Waals surface area (Å²) < 4.78 is 0. The number of benzene rings is 3.